The first-order chi connectivity index (χ1) is 9.74. The fourth-order valence-electron chi connectivity index (χ4n) is 1.73. The summed E-state index contributed by atoms with van der Waals surface area (Å²) in [6.07, 6.45) is 2.72. The molecule has 0 aliphatic heterocycles. The fraction of sp³-hybridized carbons (Fsp3) is 0.417. The number of aromatic nitrogens is 1. The minimum absolute atomic E-state index is 0.0425. The van der Waals surface area contributed by atoms with Crippen molar-refractivity contribution in [1.29, 1.82) is 0 Å². The summed E-state index contributed by atoms with van der Waals surface area (Å²) in [5.41, 5.74) is 0.675. The Hall–Kier alpha value is -2.00. The van der Waals surface area contributed by atoms with Crippen LogP contribution in [0.4, 0.5) is 0 Å². The van der Waals surface area contributed by atoms with Gasteiger partial charge >= 0.3 is 5.97 Å². The molecule has 0 bridgehead atoms. The van der Waals surface area contributed by atoms with Gasteiger partial charge in [0.25, 0.3) is 16.0 Å². The summed E-state index contributed by atoms with van der Waals surface area (Å²) in [5.74, 6) is -3.46. The van der Waals surface area contributed by atoms with Crippen LogP contribution in [0.25, 0.3) is 0 Å². The zero-order chi connectivity index (χ0) is 16.0. The number of nitrogens with one attached hydrogen (secondary N) is 1. The number of hydrogen-bond acceptors (Lipinski definition) is 5. The van der Waals surface area contributed by atoms with Crippen LogP contribution in [0.1, 0.15) is 29.4 Å². The minimum atomic E-state index is -4.53. The van der Waals surface area contributed by atoms with E-state index in [-0.39, 0.29) is 5.69 Å². The van der Waals surface area contributed by atoms with Crippen LogP contribution in [0.2, 0.25) is 0 Å². The number of nitrogens with zero attached hydrogens (tertiary/aromatic N) is 1. The number of rotatable bonds is 7. The number of carboxylic acid groups (broad SMARTS) is 1. The van der Waals surface area contributed by atoms with Crippen molar-refractivity contribution in [2.24, 2.45) is 0 Å². The monoisotopic (exact) mass is 316 g/mol. The number of hydrogen-bond donors (Lipinski definition) is 3. The van der Waals surface area contributed by atoms with Crippen LogP contribution in [-0.4, -0.2) is 46.7 Å². The molecule has 0 unspecified atom stereocenters. The zero-order valence-corrected chi connectivity index (χ0v) is 12.1. The Labute approximate surface area is 122 Å². The van der Waals surface area contributed by atoms with E-state index in [9.17, 15) is 18.0 Å². The summed E-state index contributed by atoms with van der Waals surface area (Å²) in [6, 6.07) is 1.59. The van der Waals surface area contributed by atoms with Crippen LogP contribution < -0.4 is 5.32 Å². The number of carbonyl (C=O) groups is 2. The lowest BCUT2D eigenvalue weighted by molar-refractivity contribution is -0.138. The Bertz CT molecular complexity index is 628. The van der Waals surface area contributed by atoms with Gasteiger partial charge in [-0.15, -0.1) is 0 Å². The number of aryl methyl sites for hydroxylation is 1. The number of aliphatic carboxylic acids is 1. The number of amides is 1. The lowest BCUT2D eigenvalue weighted by Gasteiger charge is -2.14. The van der Waals surface area contributed by atoms with Crippen LogP contribution in [-0.2, 0) is 21.3 Å². The third-order valence-electron chi connectivity index (χ3n) is 2.61. The molecule has 3 N–H and O–H groups in total. The van der Waals surface area contributed by atoms with E-state index in [0.717, 1.165) is 6.42 Å². The molecule has 1 atom stereocenters. The summed E-state index contributed by atoms with van der Waals surface area (Å²) < 4.78 is 30.2. The van der Waals surface area contributed by atoms with E-state index < -0.39 is 33.8 Å². The van der Waals surface area contributed by atoms with Crippen molar-refractivity contribution in [2.75, 3.05) is 5.75 Å². The Balaban J connectivity index is 2.95. The molecule has 1 heterocycles. The Morgan fingerprint density at radius 1 is 1.43 bits per heavy atom. The van der Waals surface area contributed by atoms with Crippen molar-refractivity contribution in [2.45, 2.75) is 25.8 Å². The van der Waals surface area contributed by atoms with E-state index in [1.165, 1.54) is 6.20 Å². The van der Waals surface area contributed by atoms with Crippen molar-refractivity contribution in [1.82, 2.24) is 10.3 Å². The van der Waals surface area contributed by atoms with Crippen LogP contribution in [0.5, 0.6) is 0 Å². The van der Waals surface area contributed by atoms with Crippen molar-refractivity contribution >= 4 is 22.0 Å². The second-order valence-corrected chi connectivity index (χ2v) is 5.87. The smallest absolute Gasteiger partial charge is 0.327 e. The molecule has 0 spiro atoms. The minimum Gasteiger partial charge on any atom is -0.480 e. The van der Waals surface area contributed by atoms with Gasteiger partial charge in [0.15, 0.2) is 0 Å². The summed E-state index contributed by atoms with van der Waals surface area (Å²) in [4.78, 5) is 26.9. The number of pyridine rings is 1. The van der Waals surface area contributed by atoms with Gasteiger partial charge in [-0.25, -0.2) is 4.79 Å². The van der Waals surface area contributed by atoms with Gasteiger partial charge in [-0.05, 0) is 18.1 Å². The van der Waals surface area contributed by atoms with E-state index >= 15 is 0 Å². The van der Waals surface area contributed by atoms with E-state index in [0.29, 0.717) is 12.0 Å². The molecule has 21 heavy (non-hydrogen) atoms. The maximum Gasteiger partial charge on any atom is 0.327 e. The first-order valence-corrected chi connectivity index (χ1v) is 7.78. The zero-order valence-electron chi connectivity index (χ0n) is 11.3. The van der Waals surface area contributed by atoms with Crippen molar-refractivity contribution < 1.29 is 27.7 Å². The predicted octanol–water partition coefficient (Wildman–Crippen LogP) is 0.105. The molecule has 0 saturated heterocycles. The molecule has 9 heteroatoms. The van der Waals surface area contributed by atoms with Gasteiger partial charge in [0.05, 0.1) is 0 Å². The van der Waals surface area contributed by atoms with Gasteiger partial charge in [-0.3, -0.25) is 14.3 Å². The lowest BCUT2D eigenvalue weighted by atomic mass is 10.1. The van der Waals surface area contributed by atoms with Crippen LogP contribution in [0, 0.1) is 0 Å². The molecule has 116 valence electrons. The summed E-state index contributed by atoms with van der Waals surface area (Å²) in [6.45, 7) is 1.91. The summed E-state index contributed by atoms with van der Waals surface area (Å²) >= 11 is 0. The van der Waals surface area contributed by atoms with Crippen LogP contribution in [0.3, 0.4) is 0 Å². The summed E-state index contributed by atoms with van der Waals surface area (Å²) in [5, 5.41) is 10.9. The third kappa shape index (κ3) is 5.48. The average molecular weight is 316 g/mol. The van der Waals surface area contributed by atoms with Crippen LogP contribution >= 0.6 is 0 Å². The van der Waals surface area contributed by atoms with Crippen molar-refractivity contribution in [3.8, 4) is 0 Å². The molecular formula is C12H16N2O6S. The van der Waals surface area contributed by atoms with Gasteiger partial charge < -0.3 is 10.4 Å². The van der Waals surface area contributed by atoms with Gasteiger partial charge in [0.1, 0.15) is 17.5 Å². The molecule has 1 aromatic heterocycles. The highest BCUT2D eigenvalue weighted by atomic mass is 32.2. The Morgan fingerprint density at radius 2 is 2.10 bits per heavy atom. The van der Waals surface area contributed by atoms with Gasteiger partial charge in [0.2, 0.25) is 0 Å². The highest BCUT2D eigenvalue weighted by Gasteiger charge is 2.27. The number of carboxylic acids is 1. The highest BCUT2D eigenvalue weighted by Crippen LogP contribution is 2.08. The molecule has 1 amide bonds. The van der Waals surface area contributed by atoms with Gasteiger partial charge in [0, 0.05) is 6.20 Å². The topological polar surface area (TPSA) is 134 Å². The molecule has 0 aliphatic rings. The van der Waals surface area contributed by atoms with E-state index in [1.54, 1.807) is 12.1 Å². The SMILES string of the molecule is CCCc1cccnc1C(=O)N[C@@H](CS(=O)(=O)O)C(=O)O. The Kier molecular flexibility index (Phi) is 5.79. The van der Waals surface area contributed by atoms with Gasteiger partial charge in [-0.2, -0.15) is 8.42 Å². The molecule has 0 aromatic carbocycles. The lowest BCUT2D eigenvalue weighted by Crippen LogP contribution is -2.45. The molecular weight excluding hydrogens is 300 g/mol. The first-order valence-electron chi connectivity index (χ1n) is 6.17. The molecule has 0 aliphatic carbocycles. The van der Waals surface area contributed by atoms with E-state index in [4.69, 9.17) is 9.66 Å². The average Bonchev–Trinajstić information content (AvgIpc) is 2.37. The van der Waals surface area contributed by atoms with Crippen molar-refractivity contribution in [3.63, 3.8) is 0 Å². The molecule has 8 nitrogen and oxygen atoms in total. The van der Waals surface area contributed by atoms with E-state index in [2.05, 4.69) is 4.98 Å². The normalized spacial score (nSPS) is 12.7. The largest absolute Gasteiger partial charge is 0.480 e. The fourth-order valence-corrected chi connectivity index (χ4v) is 2.37. The number of carbonyl (C=O) groups excluding carboxylic acids is 1. The second-order valence-electron chi connectivity index (χ2n) is 4.37. The van der Waals surface area contributed by atoms with Gasteiger partial charge in [-0.1, -0.05) is 19.4 Å². The first kappa shape index (κ1) is 17.1. The summed E-state index contributed by atoms with van der Waals surface area (Å²) in [7, 11) is -4.53. The molecule has 1 aromatic rings. The maximum atomic E-state index is 12.0. The standard InChI is InChI=1S/C12H16N2O6S/c1-2-4-8-5-3-6-13-10(8)11(15)14-9(12(16)17)7-21(18,19)20/h3,5-6,9H,2,4,7H2,1H3,(H,14,15)(H,16,17)(H,18,19,20)/t9-/m0/s1. The third-order valence-corrected chi connectivity index (χ3v) is 3.36. The van der Waals surface area contributed by atoms with Crippen LogP contribution in [0.15, 0.2) is 18.3 Å². The molecule has 1 rings (SSSR count). The van der Waals surface area contributed by atoms with E-state index in [1.807, 2.05) is 12.2 Å². The second kappa shape index (κ2) is 7.14. The maximum absolute atomic E-state index is 12.0. The molecule has 0 fully saturated rings. The highest BCUT2D eigenvalue weighted by molar-refractivity contribution is 7.85. The quantitative estimate of drug-likeness (QED) is 0.607. The molecule has 0 radical (unpaired) electrons. The predicted molar refractivity (Wildman–Crippen MR) is 73.5 cm³/mol. The Morgan fingerprint density at radius 3 is 2.62 bits per heavy atom. The molecule has 0 saturated carbocycles. The van der Waals surface area contributed by atoms with Crippen molar-refractivity contribution in [3.05, 3.63) is 29.6 Å².